The largest absolute Gasteiger partial charge is 0.398 e. The first kappa shape index (κ1) is 12.5. The molecule has 1 aromatic carbocycles. The molecule has 0 spiro atoms. The second kappa shape index (κ2) is 5.21. The molecule has 2 aromatic heterocycles. The van der Waals surface area contributed by atoms with Gasteiger partial charge in [-0.3, -0.25) is 9.67 Å². The second-order valence-corrected chi connectivity index (χ2v) is 4.90. The van der Waals surface area contributed by atoms with E-state index in [4.69, 9.17) is 5.73 Å². The number of pyridine rings is 1. The Morgan fingerprint density at radius 1 is 1.25 bits per heavy atom. The highest BCUT2D eigenvalue weighted by molar-refractivity contribution is 6.00. The number of hydrogen-bond acceptors (Lipinski definition) is 4. The van der Waals surface area contributed by atoms with Crippen LogP contribution in [0.1, 0.15) is 6.92 Å². The molecule has 0 saturated carbocycles. The lowest BCUT2D eigenvalue weighted by molar-refractivity contribution is 0.561. The minimum Gasteiger partial charge on any atom is -0.398 e. The first-order chi connectivity index (χ1) is 9.74. The van der Waals surface area contributed by atoms with Gasteiger partial charge in [0.15, 0.2) is 0 Å². The van der Waals surface area contributed by atoms with Crippen molar-refractivity contribution >= 4 is 22.1 Å². The van der Waals surface area contributed by atoms with Crippen molar-refractivity contribution in [3.63, 3.8) is 0 Å². The minimum atomic E-state index is 0.259. The van der Waals surface area contributed by atoms with Crippen molar-refractivity contribution in [2.45, 2.75) is 19.5 Å². The molecule has 0 saturated heterocycles. The molecule has 0 aliphatic carbocycles. The van der Waals surface area contributed by atoms with Crippen molar-refractivity contribution in [3.05, 3.63) is 49.1 Å². The maximum atomic E-state index is 5.98. The van der Waals surface area contributed by atoms with Crippen molar-refractivity contribution < 1.29 is 0 Å². The summed E-state index contributed by atoms with van der Waals surface area (Å²) in [6, 6.07) is 8.09. The van der Waals surface area contributed by atoms with E-state index in [-0.39, 0.29) is 6.04 Å². The van der Waals surface area contributed by atoms with E-state index in [0.29, 0.717) is 0 Å². The van der Waals surface area contributed by atoms with E-state index in [0.717, 1.165) is 28.7 Å². The second-order valence-electron chi connectivity index (χ2n) is 4.90. The number of aromatic nitrogens is 3. The zero-order chi connectivity index (χ0) is 13.9. The molecule has 3 rings (SSSR count). The molecular weight excluding hydrogens is 250 g/mol. The van der Waals surface area contributed by atoms with Crippen molar-refractivity contribution in [1.29, 1.82) is 0 Å². The lowest BCUT2D eigenvalue weighted by Gasteiger charge is -2.17. The fraction of sp³-hybridized carbons (Fsp3) is 0.200. The third-order valence-corrected chi connectivity index (χ3v) is 3.27. The summed E-state index contributed by atoms with van der Waals surface area (Å²) in [6.45, 7) is 2.94. The maximum Gasteiger partial charge on any atom is 0.0608 e. The lowest BCUT2D eigenvalue weighted by atomic mass is 10.1. The number of nitrogen functional groups attached to an aromatic ring is 1. The lowest BCUT2D eigenvalue weighted by Crippen LogP contribution is -2.22. The topological polar surface area (TPSA) is 68.8 Å². The van der Waals surface area contributed by atoms with Crippen LogP contribution in [0.3, 0.4) is 0 Å². The number of nitrogens with zero attached hydrogens (tertiary/aromatic N) is 3. The Balaban J connectivity index is 1.85. The number of hydrogen-bond donors (Lipinski definition) is 2. The van der Waals surface area contributed by atoms with Gasteiger partial charge >= 0.3 is 0 Å². The summed E-state index contributed by atoms with van der Waals surface area (Å²) in [5, 5.41) is 9.79. The molecule has 0 fully saturated rings. The summed E-state index contributed by atoms with van der Waals surface area (Å²) in [7, 11) is 0. The van der Waals surface area contributed by atoms with E-state index >= 15 is 0 Å². The van der Waals surface area contributed by atoms with E-state index in [1.807, 2.05) is 35.1 Å². The van der Waals surface area contributed by atoms with Gasteiger partial charge < -0.3 is 11.1 Å². The monoisotopic (exact) mass is 267 g/mol. The van der Waals surface area contributed by atoms with Crippen LogP contribution in [0.4, 0.5) is 11.4 Å². The Hall–Kier alpha value is -2.56. The molecule has 0 aliphatic heterocycles. The fourth-order valence-corrected chi connectivity index (χ4v) is 2.34. The van der Waals surface area contributed by atoms with Crippen LogP contribution in [0.2, 0.25) is 0 Å². The van der Waals surface area contributed by atoms with Gasteiger partial charge in [0.1, 0.15) is 0 Å². The molecule has 1 atom stereocenters. The maximum absolute atomic E-state index is 5.98. The van der Waals surface area contributed by atoms with Crippen molar-refractivity contribution in [2.24, 2.45) is 0 Å². The molecule has 3 N–H and O–H groups in total. The zero-order valence-electron chi connectivity index (χ0n) is 11.3. The number of fused-ring (bicyclic) bond motifs is 1. The van der Waals surface area contributed by atoms with E-state index < -0.39 is 0 Å². The van der Waals surface area contributed by atoms with Crippen molar-refractivity contribution in [1.82, 2.24) is 14.8 Å². The van der Waals surface area contributed by atoms with Crippen LogP contribution in [0, 0.1) is 0 Å². The van der Waals surface area contributed by atoms with Gasteiger partial charge in [0.05, 0.1) is 6.54 Å². The minimum absolute atomic E-state index is 0.259. The van der Waals surface area contributed by atoms with Gasteiger partial charge in [0, 0.05) is 53.0 Å². The average Bonchev–Trinajstić information content (AvgIpc) is 2.95. The Labute approximate surface area is 117 Å². The molecule has 20 heavy (non-hydrogen) atoms. The third-order valence-electron chi connectivity index (χ3n) is 3.27. The number of nitrogens with two attached hydrogens (primary N) is 1. The van der Waals surface area contributed by atoms with Crippen molar-refractivity contribution in [3.8, 4) is 0 Å². The predicted octanol–water partition coefficient (Wildman–Crippen LogP) is 2.51. The van der Waals surface area contributed by atoms with Gasteiger partial charge in [0.2, 0.25) is 0 Å². The molecule has 5 nitrogen and oxygen atoms in total. The highest BCUT2D eigenvalue weighted by Crippen LogP contribution is 2.27. The first-order valence-electron chi connectivity index (χ1n) is 6.60. The molecule has 0 bridgehead atoms. The van der Waals surface area contributed by atoms with Gasteiger partial charge in [-0.25, -0.2) is 0 Å². The van der Waals surface area contributed by atoms with Gasteiger partial charge in [-0.1, -0.05) is 0 Å². The zero-order valence-corrected chi connectivity index (χ0v) is 11.3. The molecule has 3 aromatic rings. The van der Waals surface area contributed by atoms with Crippen LogP contribution in [0.5, 0.6) is 0 Å². The van der Waals surface area contributed by atoms with Gasteiger partial charge in [-0.05, 0) is 31.2 Å². The number of benzene rings is 1. The standard InChI is InChI=1S/C15H17N5/c1-11(10-20-8-2-6-18-20)19-15-4-3-14(16)13-9-17-7-5-12(13)15/h2-9,11,19H,10,16H2,1H3. The summed E-state index contributed by atoms with van der Waals surface area (Å²) < 4.78 is 1.92. The summed E-state index contributed by atoms with van der Waals surface area (Å²) in [5.41, 5.74) is 7.80. The number of anilines is 2. The molecule has 0 amide bonds. The summed E-state index contributed by atoms with van der Waals surface area (Å²) in [6.07, 6.45) is 7.33. The Bertz CT molecular complexity index is 705. The molecule has 0 aliphatic rings. The van der Waals surface area contributed by atoms with E-state index in [2.05, 4.69) is 22.3 Å². The van der Waals surface area contributed by atoms with E-state index in [9.17, 15) is 0 Å². The van der Waals surface area contributed by atoms with Gasteiger partial charge in [-0.2, -0.15) is 5.10 Å². The Morgan fingerprint density at radius 3 is 2.95 bits per heavy atom. The summed E-state index contributed by atoms with van der Waals surface area (Å²) in [4.78, 5) is 4.13. The van der Waals surface area contributed by atoms with Crippen LogP contribution in [0.15, 0.2) is 49.1 Å². The molecular formula is C15H17N5. The normalized spacial score (nSPS) is 12.4. The molecule has 2 heterocycles. The van der Waals surface area contributed by atoms with Crippen LogP contribution in [0.25, 0.3) is 10.8 Å². The van der Waals surface area contributed by atoms with Crippen LogP contribution in [-0.4, -0.2) is 20.8 Å². The number of nitrogens with one attached hydrogen (secondary N) is 1. The Morgan fingerprint density at radius 2 is 2.15 bits per heavy atom. The van der Waals surface area contributed by atoms with Crippen LogP contribution in [-0.2, 0) is 6.54 Å². The summed E-state index contributed by atoms with van der Waals surface area (Å²) >= 11 is 0. The van der Waals surface area contributed by atoms with Crippen LogP contribution < -0.4 is 11.1 Å². The fourth-order valence-electron chi connectivity index (χ4n) is 2.34. The highest BCUT2D eigenvalue weighted by atomic mass is 15.3. The van der Waals surface area contributed by atoms with Crippen LogP contribution >= 0.6 is 0 Å². The van der Waals surface area contributed by atoms with Gasteiger partial charge in [-0.15, -0.1) is 0 Å². The quantitative estimate of drug-likeness (QED) is 0.713. The molecule has 1 unspecified atom stereocenters. The highest BCUT2D eigenvalue weighted by Gasteiger charge is 2.08. The molecule has 102 valence electrons. The van der Waals surface area contributed by atoms with Gasteiger partial charge in [0.25, 0.3) is 0 Å². The first-order valence-corrected chi connectivity index (χ1v) is 6.60. The number of rotatable bonds is 4. The predicted molar refractivity (Wildman–Crippen MR) is 81.5 cm³/mol. The average molecular weight is 267 g/mol. The van der Waals surface area contributed by atoms with E-state index in [1.165, 1.54) is 0 Å². The Kier molecular flexibility index (Phi) is 3.25. The van der Waals surface area contributed by atoms with Crippen molar-refractivity contribution in [2.75, 3.05) is 11.1 Å². The van der Waals surface area contributed by atoms with E-state index in [1.54, 1.807) is 18.6 Å². The third kappa shape index (κ3) is 2.42. The summed E-state index contributed by atoms with van der Waals surface area (Å²) in [5.74, 6) is 0. The molecule has 0 radical (unpaired) electrons. The smallest absolute Gasteiger partial charge is 0.0608 e. The SMILES string of the molecule is CC(Cn1cccn1)Nc1ccc(N)c2cnccc12. The molecule has 5 heteroatoms.